The van der Waals surface area contributed by atoms with Gasteiger partial charge < -0.3 is 10.1 Å². The zero-order chi connectivity index (χ0) is 16.7. The Bertz CT molecular complexity index is 1040. The van der Waals surface area contributed by atoms with E-state index in [0.717, 1.165) is 46.4 Å². The number of H-pyrrole nitrogens is 1. The van der Waals surface area contributed by atoms with Gasteiger partial charge in [-0.15, -0.1) is 0 Å². The number of nitrogens with zero attached hydrogens (tertiary/aromatic N) is 1. The number of benzene rings is 1. The number of hydrogen-bond donors (Lipinski definition) is 2. The summed E-state index contributed by atoms with van der Waals surface area (Å²) in [5.74, 6) is 0.201. The molecule has 2 aromatic heterocycles. The lowest BCUT2D eigenvalue weighted by atomic mass is 10.1. The fourth-order valence-electron chi connectivity index (χ4n) is 3.29. The number of aldehydes is 1. The van der Waals surface area contributed by atoms with Crippen molar-refractivity contribution in [3.63, 3.8) is 0 Å². The third-order valence-electron chi connectivity index (χ3n) is 4.53. The molecule has 0 saturated carbocycles. The van der Waals surface area contributed by atoms with Gasteiger partial charge in [-0.3, -0.25) is 9.20 Å². The first-order valence-corrected chi connectivity index (χ1v) is 8.04. The molecular weight excluding hydrogens is 288 g/mol. The SMILES string of the molecule is CC/C=c1\c(C=O)c2[nH]c3c(O)ccc(C)c3n2c1=C(C)CC. The number of rotatable bonds is 3. The summed E-state index contributed by atoms with van der Waals surface area (Å²) in [6.07, 6.45) is 4.77. The fraction of sp³-hybridized carbons (Fsp3) is 0.316. The Kier molecular flexibility index (Phi) is 3.76. The second-order valence-electron chi connectivity index (χ2n) is 5.97. The van der Waals surface area contributed by atoms with Crippen molar-refractivity contribution in [2.75, 3.05) is 0 Å². The molecule has 0 atom stereocenters. The number of carbonyl (C=O) groups is 1. The molecule has 0 aliphatic carbocycles. The molecule has 0 aliphatic rings. The molecule has 0 amide bonds. The van der Waals surface area contributed by atoms with E-state index in [-0.39, 0.29) is 5.75 Å². The number of carbonyl (C=O) groups excluding carboxylic acids is 1. The zero-order valence-electron chi connectivity index (χ0n) is 14.0. The highest BCUT2D eigenvalue weighted by Gasteiger charge is 2.17. The zero-order valence-corrected chi connectivity index (χ0v) is 14.0. The van der Waals surface area contributed by atoms with Crippen molar-refractivity contribution >= 4 is 34.6 Å². The van der Waals surface area contributed by atoms with Gasteiger partial charge in [-0.1, -0.05) is 26.0 Å². The van der Waals surface area contributed by atoms with Crippen LogP contribution in [0.1, 0.15) is 49.5 Å². The van der Waals surface area contributed by atoms with Crippen LogP contribution >= 0.6 is 0 Å². The van der Waals surface area contributed by atoms with E-state index in [1.54, 1.807) is 6.07 Å². The molecule has 0 radical (unpaired) electrons. The normalized spacial score (nSPS) is 14.0. The maximum absolute atomic E-state index is 11.8. The highest BCUT2D eigenvalue weighted by atomic mass is 16.3. The van der Waals surface area contributed by atoms with E-state index in [2.05, 4.69) is 36.2 Å². The van der Waals surface area contributed by atoms with Gasteiger partial charge in [0.05, 0.1) is 16.4 Å². The lowest BCUT2D eigenvalue weighted by Gasteiger charge is -2.02. The number of fused-ring (bicyclic) bond motifs is 3. The molecule has 0 fully saturated rings. The second-order valence-corrected chi connectivity index (χ2v) is 5.97. The second kappa shape index (κ2) is 5.61. The lowest BCUT2D eigenvalue weighted by Crippen LogP contribution is -2.29. The topological polar surface area (TPSA) is 57.5 Å². The molecule has 0 bridgehead atoms. The summed E-state index contributed by atoms with van der Waals surface area (Å²) in [6, 6.07) is 3.59. The van der Waals surface area contributed by atoms with Gasteiger partial charge in [0.2, 0.25) is 0 Å². The van der Waals surface area contributed by atoms with Crippen LogP contribution in [-0.2, 0) is 0 Å². The predicted octanol–water partition coefficient (Wildman–Crippen LogP) is 3.02. The van der Waals surface area contributed by atoms with Crippen LogP contribution in [0, 0.1) is 6.92 Å². The van der Waals surface area contributed by atoms with Crippen LogP contribution in [0.15, 0.2) is 12.1 Å². The molecule has 4 heteroatoms. The molecule has 3 rings (SSSR count). The number of aromatic hydroxyl groups is 1. The van der Waals surface area contributed by atoms with Crippen LogP contribution in [0.25, 0.3) is 28.3 Å². The maximum Gasteiger partial charge on any atom is 0.154 e. The van der Waals surface area contributed by atoms with Crippen molar-refractivity contribution < 1.29 is 9.90 Å². The Morgan fingerprint density at radius 3 is 2.70 bits per heavy atom. The molecule has 0 spiro atoms. The Hall–Kier alpha value is -2.49. The summed E-state index contributed by atoms with van der Waals surface area (Å²) >= 11 is 0. The average Bonchev–Trinajstić information content (AvgIpc) is 3.05. The first-order chi connectivity index (χ1) is 11.0. The fourth-order valence-corrected chi connectivity index (χ4v) is 3.29. The molecule has 0 aliphatic heterocycles. The highest BCUT2D eigenvalue weighted by Crippen LogP contribution is 2.27. The van der Waals surface area contributed by atoms with E-state index in [4.69, 9.17) is 0 Å². The summed E-state index contributed by atoms with van der Waals surface area (Å²) in [7, 11) is 0. The number of nitrogens with one attached hydrogen (secondary N) is 1. The van der Waals surface area contributed by atoms with E-state index in [0.29, 0.717) is 11.1 Å². The highest BCUT2D eigenvalue weighted by molar-refractivity contribution is 5.95. The molecule has 0 saturated heterocycles. The third kappa shape index (κ3) is 2.09. The summed E-state index contributed by atoms with van der Waals surface area (Å²) in [5, 5.41) is 12.2. The van der Waals surface area contributed by atoms with Gasteiger partial charge in [0.15, 0.2) is 6.29 Å². The Morgan fingerprint density at radius 2 is 2.09 bits per heavy atom. The van der Waals surface area contributed by atoms with E-state index in [9.17, 15) is 9.90 Å². The molecule has 4 nitrogen and oxygen atoms in total. The van der Waals surface area contributed by atoms with E-state index < -0.39 is 0 Å². The molecule has 3 aromatic rings. The first kappa shape index (κ1) is 15.4. The van der Waals surface area contributed by atoms with Gasteiger partial charge in [-0.05, 0) is 43.9 Å². The first-order valence-electron chi connectivity index (χ1n) is 8.04. The number of hydrogen-bond acceptors (Lipinski definition) is 2. The standard InChI is InChI=1S/C19H22N2O2/c1-5-7-13-14(10-22)19-20-16-15(23)9-8-12(4)18(16)21(19)17(13)11(3)6-2/h7-10,20,23H,5-6H2,1-4H3/b13-7+,17-11?. The van der Waals surface area contributed by atoms with Crippen LogP contribution in [-0.4, -0.2) is 20.8 Å². The number of phenolic OH excluding ortho intramolecular Hbond substituents is 1. The monoisotopic (exact) mass is 310 g/mol. The van der Waals surface area contributed by atoms with Gasteiger partial charge >= 0.3 is 0 Å². The van der Waals surface area contributed by atoms with Crippen molar-refractivity contribution in [2.45, 2.75) is 40.5 Å². The van der Waals surface area contributed by atoms with Crippen LogP contribution in [0.5, 0.6) is 5.75 Å². The maximum atomic E-state index is 11.8. The Labute approximate surface area is 134 Å². The Morgan fingerprint density at radius 1 is 1.35 bits per heavy atom. The van der Waals surface area contributed by atoms with Crippen LogP contribution in [0.4, 0.5) is 0 Å². The van der Waals surface area contributed by atoms with Gasteiger partial charge in [0, 0.05) is 5.22 Å². The molecule has 2 N–H and O–H groups in total. The van der Waals surface area contributed by atoms with Crippen molar-refractivity contribution in [2.24, 2.45) is 0 Å². The molecule has 120 valence electrons. The molecule has 2 heterocycles. The van der Waals surface area contributed by atoms with Gasteiger partial charge in [0.25, 0.3) is 0 Å². The minimum atomic E-state index is 0.201. The van der Waals surface area contributed by atoms with Crippen LogP contribution in [0.2, 0.25) is 0 Å². The van der Waals surface area contributed by atoms with E-state index >= 15 is 0 Å². The minimum absolute atomic E-state index is 0.201. The predicted molar refractivity (Wildman–Crippen MR) is 94.4 cm³/mol. The van der Waals surface area contributed by atoms with E-state index in [1.165, 1.54) is 5.57 Å². The lowest BCUT2D eigenvalue weighted by molar-refractivity contribution is 0.112. The number of aromatic nitrogens is 2. The van der Waals surface area contributed by atoms with Crippen LogP contribution < -0.4 is 10.6 Å². The molecule has 23 heavy (non-hydrogen) atoms. The van der Waals surface area contributed by atoms with Crippen molar-refractivity contribution in [3.8, 4) is 5.75 Å². The smallest absolute Gasteiger partial charge is 0.154 e. The van der Waals surface area contributed by atoms with Crippen molar-refractivity contribution in [1.29, 1.82) is 0 Å². The van der Waals surface area contributed by atoms with E-state index in [1.807, 2.05) is 13.0 Å². The summed E-state index contributed by atoms with van der Waals surface area (Å²) in [6.45, 7) is 8.30. The number of aromatic amines is 1. The number of aryl methyl sites for hydroxylation is 1. The molecule has 1 aromatic carbocycles. The molecular formula is C19H22N2O2. The average molecular weight is 310 g/mol. The van der Waals surface area contributed by atoms with Crippen LogP contribution in [0.3, 0.4) is 0 Å². The largest absolute Gasteiger partial charge is 0.506 e. The van der Waals surface area contributed by atoms with Crippen molar-refractivity contribution in [3.05, 3.63) is 33.8 Å². The molecule has 0 unspecified atom stereocenters. The number of phenols is 1. The Balaban J connectivity index is 2.77. The number of imidazole rings is 1. The van der Waals surface area contributed by atoms with Crippen molar-refractivity contribution in [1.82, 2.24) is 9.38 Å². The van der Waals surface area contributed by atoms with Gasteiger partial charge in [0.1, 0.15) is 16.9 Å². The summed E-state index contributed by atoms with van der Waals surface area (Å²) in [5.41, 5.74) is 5.30. The third-order valence-corrected chi connectivity index (χ3v) is 4.53. The minimum Gasteiger partial charge on any atom is -0.506 e. The summed E-state index contributed by atoms with van der Waals surface area (Å²) < 4.78 is 2.09. The van der Waals surface area contributed by atoms with Gasteiger partial charge in [-0.2, -0.15) is 0 Å². The quantitative estimate of drug-likeness (QED) is 0.731. The summed E-state index contributed by atoms with van der Waals surface area (Å²) in [4.78, 5) is 15.0. The van der Waals surface area contributed by atoms with Gasteiger partial charge in [-0.25, -0.2) is 0 Å².